The summed E-state index contributed by atoms with van der Waals surface area (Å²) in [5.74, 6) is 0.469. The summed E-state index contributed by atoms with van der Waals surface area (Å²) in [6, 6.07) is 19.5. The molecule has 0 saturated heterocycles. The molecule has 178 valence electrons. The first-order valence-corrected chi connectivity index (χ1v) is 11.5. The van der Waals surface area contributed by atoms with Gasteiger partial charge in [0.2, 0.25) is 0 Å². The number of amides is 2. The van der Waals surface area contributed by atoms with E-state index in [2.05, 4.69) is 34.6 Å². The Hall–Kier alpha value is -3.55. The van der Waals surface area contributed by atoms with Gasteiger partial charge in [0.15, 0.2) is 0 Å². The Balaban J connectivity index is 1.48. The summed E-state index contributed by atoms with van der Waals surface area (Å²) in [5.41, 5.74) is 5.53. The monoisotopic (exact) mass is 480 g/mol. The lowest BCUT2D eigenvalue weighted by atomic mass is 10.2. The van der Waals surface area contributed by atoms with Crippen molar-refractivity contribution in [3.05, 3.63) is 88.4 Å². The molecule has 3 aromatic carbocycles. The number of nitrogens with zero attached hydrogens (tertiary/aromatic N) is 2. The van der Waals surface area contributed by atoms with E-state index in [-0.39, 0.29) is 12.4 Å². The smallest absolute Gasteiger partial charge is 0.339 e. The van der Waals surface area contributed by atoms with Gasteiger partial charge in [0.1, 0.15) is 18.1 Å². The van der Waals surface area contributed by atoms with E-state index in [9.17, 15) is 9.90 Å². The van der Waals surface area contributed by atoms with Gasteiger partial charge in [-0.05, 0) is 49.0 Å². The average molecular weight is 481 g/mol. The maximum atomic E-state index is 12.1. The second-order valence-electron chi connectivity index (χ2n) is 7.58. The van der Waals surface area contributed by atoms with Gasteiger partial charge < -0.3 is 15.2 Å². The first kappa shape index (κ1) is 25.1. The third-order valence-electron chi connectivity index (χ3n) is 5.24. The van der Waals surface area contributed by atoms with Crippen LogP contribution >= 0.6 is 11.6 Å². The van der Waals surface area contributed by atoms with E-state index in [1.165, 1.54) is 17.8 Å². The molecule has 7 nitrogen and oxygen atoms in total. The van der Waals surface area contributed by atoms with Gasteiger partial charge in [0, 0.05) is 34.4 Å². The van der Waals surface area contributed by atoms with Gasteiger partial charge in [0.05, 0.1) is 6.21 Å². The molecular formula is C26H29ClN4O3. The molecule has 0 unspecified atom stereocenters. The Bertz CT molecular complexity index is 1120. The third kappa shape index (κ3) is 7.50. The van der Waals surface area contributed by atoms with Crippen LogP contribution in [0.25, 0.3) is 0 Å². The molecule has 3 N–H and O–H groups in total. The van der Waals surface area contributed by atoms with Crippen molar-refractivity contribution in [2.75, 3.05) is 18.4 Å². The molecule has 0 heterocycles. The minimum Gasteiger partial charge on any atom is -0.507 e. The number of aromatic hydroxyl groups is 1. The van der Waals surface area contributed by atoms with Crippen molar-refractivity contribution >= 4 is 29.5 Å². The zero-order valence-corrected chi connectivity index (χ0v) is 20.0. The summed E-state index contributed by atoms with van der Waals surface area (Å²) in [4.78, 5) is 14.4. The van der Waals surface area contributed by atoms with Crippen LogP contribution < -0.4 is 15.5 Å². The molecule has 0 saturated carbocycles. The number of hydrogen-bond donors (Lipinski definition) is 3. The normalized spacial score (nSPS) is 11.1. The van der Waals surface area contributed by atoms with Crippen LogP contribution in [0.4, 0.5) is 10.5 Å². The fourth-order valence-electron chi connectivity index (χ4n) is 3.22. The number of hydrogen-bond acceptors (Lipinski definition) is 5. The van der Waals surface area contributed by atoms with Crippen molar-refractivity contribution in [2.45, 2.75) is 27.0 Å². The molecule has 2 amide bonds. The van der Waals surface area contributed by atoms with Crippen molar-refractivity contribution in [1.82, 2.24) is 10.3 Å². The van der Waals surface area contributed by atoms with E-state index in [4.69, 9.17) is 16.3 Å². The standard InChI is InChI=1S/C26H29ClN4O3/c1-3-31(4-2)17-19-9-12-22(13-10-19)29-26(33)30-28-16-20-11-14-23(15-25(20)32)34-18-21-7-5-6-8-24(21)27/h5-16,32H,3-4,17-18H2,1-2H3,(H2,29,30,33)/b28-16+. The molecule has 3 aromatic rings. The number of anilines is 1. The van der Waals surface area contributed by atoms with Crippen LogP contribution in [0, 0.1) is 0 Å². The van der Waals surface area contributed by atoms with Gasteiger partial charge in [-0.3, -0.25) is 4.90 Å². The predicted molar refractivity (Wildman–Crippen MR) is 137 cm³/mol. The highest BCUT2D eigenvalue weighted by Gasteiger charge is 2.06. The second kappa shape index (κ2) is 12.6. The molecule has 3 rings (SSSR count). The largest absolute Gasteiger partial charge is 0.507 e. The summed E-state index contributed by atoms with van der Waals surface area (Å²) in [5, 5.41) is 17.5. The van der Waals surface area contributed by atoms with Gasteiger partial charge in [0.25, 0.3) is 0 Å². The van der Waals surface area contributed by atoms with Gasteiger partial charge in [-0.2, -0.15) is 5.10 Å². The highest BCUT2D eigenvalue weighted by molar-refractivity contribution is 6.31. The number of halogens is 1. The van der Waals surface area contributed by atoms with E-state index in [0.717, 1.165) is 25.2 Å². The highest BCUT2D eigenvalue weighted by Crippen LogP contribution is 2.24. The fraction of sp³-hybridized carbons (Fsp3) is 0.231. The van der Waals surface area contributed by atoms with Crippen LogP contribution in [-0.2, 0) is 13.2 Å². The van der Waals surface area contributed by atoms with Gasteiger partial charge >= 0.3 is 6.03 Å². The van der Waals surface area contributed by atoms with Crippen LogP contribution in [0.2, 0.25) is 5.02 Å². The lowest BCUT2D eigenvalue weighted by Gasteiger charge is -2.18. The molecule has 0 aliphatic carbocycles. The highest BCUT2D eigenvalue weighted by atomic mass is 35.5. The number of nitrogens with one attached hydrogen (secondary N) is 2. The van der Waals surface area contributed by atoms with Gasteiger partial charge in [-0.25, -0.2) is 10.2 Å². The topological polar surface area (TPSA) is 86.2 Å². The zero-order chi connectivity index (χ0) is 24.3. The second-order valence-corrected chi connectivity index (χ2v) is 7.99. The number of phenolic OH excluding ortho intramolecular Hbond substituents is 1. The van der Waals surface area contributed by atoms with Crippen molar-refractivity contribution in [1.29, 1.82) is 0 Å². The van der Waals surface area contributed by atoms with Crippen molar-refractivity contribution in [3.8, 4) is 11.5 Å². The Labute approximate surface area is 205 Å². The van der Waals surface area contributed by atoms with Crippen LogP contribution in [0.5, 0.6) is 11.5 Å². The maximum absolute atomic E-state index is 12.1. The molecule has 34 heavy (non-hydrogen) atoms. The Morgan fingerprint density at radius 3 is 2.50 bits per heavy atom. The number of carbonyl (C=O) groups is 1. The summed E-state index contributed by atoms with van der Waals surface area (Å²) in [7, 11) is 0. The Morgan fingerprint density at radius 1 is 1.09 bits per heavy atom. The number of ether oxygens (including phenoxy) is 1. The molecule has 0 radical (unpaired) electrons. The van der Waals surface area contributed by atoms with Crippen LogP contribution in [0.1, 0.15) is 30.5 Å². The summed E-state index contributed by atoms with van der Waals surface area (Å²) < 4.78 is 5.69. The molecule has 0 spiro atoms. The van der Waals surface area contributed by atoms with E-state index < -0.39 is 6.03 Å². The number of benzene rings is 3. The molecular weight excluding hydrogens is 452 g/mol. The fourth-order valence-corrected chi connectivity index (χ4v) is 3.41. The number of carbonyl (C=O) groups excluding carboxylic acids is 1. The minimum absolute atomic E-state index is 0.0218. The molecule has 0 atom stereocenters. The van der Waals surface area contributed by atoms with E-state index >= 15 is 0 Å². The van der Waals surface area contributed by atoms with Crippen molar-refractivity contribution in [2.24, 2.45) is 5.10 Å². The lowest BCUT2D eigenvalue weighted by Crippen LogP contribution is -2.24. The van der Waals surface area contributed by atoms with Crippen LogP contribution in [-0.4, -0.2) is 35.3 Å². The number of phenols is 1. The lowest BCUT2D eigenvalue weighted by molar-refractivity contribution is 0.252. The van der Waals surface area contributed by atoms with E-state index in [1.54, 1.807) is 18.2 Å². The molecule has 0 aliphatic rings. The molecule has 0 fully saturated rings. The van der Waals surface area contributed by atoms with Crippen LogP contribution in [0.3, 0.4) is 0 Å². The Morgan fingerprint density at radius 2 is 1.82 bits per heavy atom. The predicted octanol–water partition coefficient (Wildman–Crippen LogP) is 5.62. The van der Waals surface area contributed by atoms with Crippen LogP contribution in [0.15, 0.2) is 71.8 Å². The molecule has 8 heteroatoms. The number of urea groups is 1. The van der Waals surface area contributed by atoms with E-state index in [0.29, 0.717) is 22.0 Å². The van der Waals surface area contributed by atoms with Gasteiger partial charge in [-0.15, -0.1) is 0 Å². The SMILES string of the molecule is CCN(CC)Cc1ccc(NC(=O)N/N=C/c2ccc(OCc3ccccc3Cl)cc2O)cc1. The van der Waals surface area contributed by atoms with Gasteiger partial charge in [-0.1, -0.05) is 55.8 Å². The minimum atomic E-state index is -0.480. The van der Waals surface area contributed by atoms with Crippen molar-refractivity contribution in [3.63, 3.8) is 0 Å². The first-order chi connectivity index (χ1) is 16.5. The maximum Gasteiger partial charge on any atom is 0.339 e. The Kier molecular flexibility index (Phi) is 9.31. The summed E-state index contributed by atoms with van der Waals surface area (Å²) in [6.07, 6.45) is 1.36. The quantitative estimate of drug-likeness (QED) is 0.259. The molecule has 0 bridgehead atoms. The summed E-state index contributed by atoms with van der Waals surface area (Å²) >= 11 is 6.13. The first-order valence-electron chi connectivity index (χ1n) is 11.1. The van der Waals surface area contributed by atoms with E-state index in [1.807, 2.05) is 42.5 Å². The zero-order valence-electron chi connectivity index (χ0n) is 19.3. The average Bonchev–Trinajstić information content (AvgIpc) is 2.84. The molecule has 0 aromatic heterocycles. The third-order valence-corrected chi connectivity index (χ3v) is 5.60. The number of rotatable bonds is 10. The number of hydrazone groups is 1. The summed E-state index contributed by atoms with van der Waals surface area (Å²) in [6.45, 7) is 7.40. The van der Waals surface area contributed by atoms with Crippen molar-refractivity contribution < 1.29 is 14.6 Å². The molecule has 0 aliphatic heterocycles.